The van der Waals surface area contributed by atoms with Gasteiger partial charge in [-0.2, -0.15) is 0 Å². The first-order valence-electron chi connectivity index (χ1n) is 4.05. The van der Waals surface area contributed by atoms with Crippen molar-refractivity contribution in [3.8, 4) is 0 Å². The Bertz CT molecular complexity index is 278. The maximum Gasteiger partial charge on any atom is 0.0178 e. The third-order valence-corrected chi connectivity index (χ3v) is 2.98. The van der Waals surface area contributed by atoms with Gasteiger partial charge in [-0.3, -0.25) is 0 Å². The molecule has 1 heteroatoms. The molecule has 0 amide bonds. The highest BCUT2D eigenvalue weighted by Crippen LogP contribution is 2.33. The number of aryl methyl sites for hydroxylation is 1. The molecule has 0 saturated carbocycles. The lowest BCUT2D eigenvalue weighted by Gasteiger charge is -2.03. The van der Waals surface area contributed by atoms with Gasteiger partial charge in [0.2, 0.25) is 0 Å². The van der Waals surface area contributed by atoms with Crippen molar-refractivity contribution < 1.29 is 0 Å². The van der Waals surface area contributed by atoms with E-state index in [4.69, 9.17) is 0 Å². The minimum atomic E-state index is 0.776. The average molecular weight is 211 g/mol. The van der Waals surface area contributed by atoms with E-state index in [1.54, 1.807) is 5.56 Å². The lowest BCUT2D eigenvalue weighted by molar-refractivity contribution is 0.747. The number of fused-ring (bicyclic) bond motifs is 1. The van der Waals surface area contributed by atoms with Gasteiger partial charge >= 0.3 is 0 Å². The van der Waals surface area contributed by atoms with Crippen LogP contribution in [0.4, 0.5) is 0 Å². The van der Waals surface area contributed by atoms with Gasteiger partial charge in [-0.15, -0.1) is 0 Å². The van der Waals surface area contributed by atoms with E-state index in [9.17, 15) is 0 Å². The van der Waals surface area contributed by atoms with Crippen molar-refractivity contribution in [2.75, 3.05) is 0 Å². The summed E-state index contributed by atoms with van der Waals surface area (Å²) in [4.78, 5) is 0. The molecule has 0 unspecified atom stereocenters. The zero-order valence-electron chi connectivity index (χ0n) is 6.60. The highest BCUT2D eigenvalue weighted by molar-refractivity contribution is 9.10. The van der Waals surface area contributed by atoms with Crippen molar-refractivity contribution in [3.63, 3.8) is 0 Å². The van der Waals surface area contributed by atoms with E-state index in [2.05, 4.69) is 41.1 Å². The van der Waals surface area contributed by atoms with Gasteiger partial charge in [-0.1, -0.05) is 28.9 Å². The Hall–Kier alpha value is -0.300. The molecule has 1 aromatic rings. The van der Waals surface area contributed by atoms with Crippen LogP contribution in [-0.2, 0) is 6.42 Å². The Morgan fingerprint density at radius 1 is 1.45 bits per heavy atom. The second kappa shape index (κ2) is 2.63. The van der Waals surface area contributed by atoms with Gasteiger partial charge in [-0.25, -0.2) is 0 Å². The van der Waals surface area contributed by atoms with Gasteiger partial charge in [0, 0.05) is 4.47 Å². The van der Waals surface area contributed by atoms with Crippen molar-refractivity contribution >= 4 is 15.9 Å². The summed E-state index contributed by atoms with van der Waals surface area (Å²) in [5.74, 6) is 0.776. The van der Waals surface area contributed by atoms with Gasteiger partial charge in [0.25, 0.3) is 0 Å². The lowest BCUT2D eigenvalue weighted by atomic mass is 10.0. The Morgan fingerprint density at radius 3 is 3.09 bits per heavy atom. The molecule has 58 valence electrons. The molecular weight excluding hydrogens is 200 g/mol. The molecule has 0 bridgehead atoms. The van der Waals surface area contributed by atoms with Crippen molar-refractivity contribution in [2.24, 2.45) is 0 Å². The summed E-state index contributed by atoms with van der Waals surface area (Å²) in [5.41, 5.74) is 3.08. The molecule has 0 N–H and O–H groups in total. The molecule has 0 nitrogen and oxygen atoms in total. The minimum absolute atomic E-state index is 0.776. The maximum atomic E-state index is 3.48. The predicted molar refractivity (Wildman–Crippen MR) is 50.9 cm³/mol. The molecule has 1 atom stereocenters. The molecule has 0 saturated heterocycles. The molecule has 0 aromatic heterocycles. The van der Waals surface area contributed by atoms with Crippen LogP contribution in [0.15, 0.2) is 22.7 Å². The molecule has 0 aliphatic heterocycles. The first-order valence-corrected chi connectivity index (χ1v) is 4.85. The summed E-state index contributed by atoms with van der Waals surface area (Å²) in [6.07, 6.45) is 2.59. The van der Waals surface area contributed by atoms with Gasteiger partial charge in [0.1, 0.15) is 0 Å². The minimum Gasteiger partial charge on any atom is -0.0584 e. The fraction of sp³-hybridized carbons (Fsp3) is 0.400. The van der Waals surface area contributed by atoms with Crippen LogP contribution in [0.5, 0.6) is 0 Å². The molecule has 1 aromatic carbocycles. The molecule has 0 heterocycles. The molecular formula is C10H11Br. The molecule has 0 spiro atoms. The smallest absolute Gasteiger partial charge is 0.0178 e. The van der Waals surface area contributed by atoms with Gasteiger partial charge in [0.05, 0.1) is 0 Å². The summed E-state index contributed by atoms with van der Waals surface area (Å²) < 4.78 is 1.21. The average Bonchev–Trinajstić information content (AvgIpc) is 2.32. The summed E-state index contributed by atoms with van der Waals surface area (Å²) in [6.45, 7) is 2.31. The number of benzene rings is 1. The molecule has 2 rings (SSSR count). The first-order chi connectivity index (χ1) is 5.27. The fourth-order valence-electron chi connectivity index (χ4n) is 1.80. The van der Waals surface area contributed by atoms with E-state index in [-0.39, 0.29) is 0 Å². The predicted octanol–water partition coefficient (Wildman–Crippen LogP) is 3.50. The van der Waals surface area contributed by atoms with E-state index in [1.807, 2.05) is 0 Å². The SMILES string of the molecule is C[C@H]1CCc2cc(Br)ccc21. The van der Waals surface area contributed by atoms with Crippen LogP contribution in [-0.4, -0.2) is 0 Å². The number of hydrogen-bond donors (Lipinski definition) is 0. The van der Waals surface area contributed by atoms with Crippen molar-refractivity contribution in [3.05, 3.63) is 33.8 Å². The van der Waals surface area contributed by atoms with E-state index >= 15 is 0 Å². The Morgan fingerprint density at radius 2 is 2.27 bits per heavy atom. The van der Waals surface area contributed by atoms with Gasteiger partial charge < -0.3 is 0 Å². The van der Waals surface area contributed by atoms with Crippen LogP contribution in [0.25, 0.3) is 0 Å². The lowest BCUT2D eigenvalue weighted by Crippen LogP contribution is -1.84. The summed E-state index contributed by atoms with van der Waals surface area (Å²) >= 11 is 3.48. The Labute approximate surface area is 75.8 Å². The van der Waals surface area contributed by atoms with E-state index < -0.39 is 0 Å². The third kappa shape index (κ3) is 1.22. The second-order valence-electron chi connectivity index (χ2n) is 3.28. The monoisotopic (exact) mass is 210 g/mol. The molecule has 1 aliphatic rings. The molecule has 0 radical (unpaired) electrons. The summed E-state index contributed by atoms with van der Waals surface area (Å²) in [5, 5.41) is 0. The second-order valence-corrected chi connectivity index (χ2v) is 4.20. The third-order valence-electron chi connectivity index (χ3n) is 2.48. The Balaban J connectivity index is 2.50. The number of halogens is 1. The van der Waals surface area contributed by atoms with Gasteiger partial charge in [-0.05, 0) is 42.0 Å². The van der Waals surface area contributed by atoms with Crippen LogP contribution in [0.3, 0.4) is 0 Å². The maximum absolute atomic E-state index is 3.48. The summed E-state index contributed by atoms with van der Waals surface area (Å²) in [7, 11) is 0. The quantitative estimate of drug-likeness (QED) is 0.616. The fourth-order valence-corrected chi connectivity index (χ4v) is 2.21. The van der Waals surface area contributed by atoms with Crippen LogP contribution in [0.2, 0.25) is 0 Å². The molecule has 0 fully saturated rings. The van der Waals surface area contributed by atoms with Crippen LogP contribution >= 0.6 is 15.9 Å². The van der Waals surface area contributed by atoms with Crippen molar-refractivity contribution in [1.29, 1.82) is 0 Å². The molecule has 1 aliphatic carbocycles. The van der Waals surface area contributed by atoms with E-state index in [0.29, 0.717) is 0 Å². The highest BCUT2D eigenvalue weighted by Gasteiger charge is 2.17. The van der Waals surface area contributed by atoms with Crippen molar-refractivity contribution in [2.45, 2.75) is 25.7 Å². The Kier molecular flexibility index (Phi) is 1.76. The highest BCUT2D eigenvalue weighted by atomic mass is 79.9. The molecule has 11 heavy (non-hydrogen) atoms. The van der Waals surface area contributed by atoms with E-state index in [1.165, 1.54) is 22.9 Å². The number of hydrogen-bond acceptors (Lipinski definition) is 0. The topological polar surface area (TPSA) is 0 Å². The zero-order chi connectivity index (χ0) is 7.84. The van der Waals surface area contributed by atoms with Crippen LogP contribution in [0.1, 0.15) is 30.4 Å². The zero-order valence-corrected chi connectivity index (χ0v) is 8.19. The first kappa shape index (κ1) is 7.35. The van der Waals surface area contributed by atoms with Crippen molar-refractivity contribution in [1.82, 2.24) is 0 Å². The van der Waals surface area contributed by atoms with Crippen LogP contribution < -0.4 is 0 Å². The number of rotatable bonds is 0. The normalized spacial score (nSPS) is 21.8. The van der Waals surface area contributed by atoms with Gasteiger partial charge in [0.15, 0.2) is 0 Å². The van der Waals surface area contributed by atoms with Crippen LogP contribution in [0, 0.1) is 0 Å². The summed E-state index contributed by atoms with van der Waals surface area (Å²) in [6, 6.07) is 6.64. The largest absolute Gasteiger partial charge is 0.0584 e. The standard InChI is InChI=1S/C10H11Br/c1-7-2-3-8-6-9(11)4-5-10(7)8/h4-7H,2-3H2,1H3/t7-/m0/s1. The van der Waals surface area contributed by atoms with E-state index in [0.717, 1.165) is 5.92 Å².